The monoisotopic (exact) mass is 429 g/mol. The molecule has 0 radical (unpaired) electrons. The maximum Gasteiger partial charge on any atom is 0.262 e. The highest BCUT2D eigenvalue weighted by molar-refractivity contribution is 7.99. The summed E-state index contributed by atoms with van der Waals surface area (Å²) in [7, 11) is 0. The molecule has 5 nitrogen and oxygen atoms in total. The average molecular weight is 430 g/mol. The summed E-state index contributed by atoms with van der Waals surface area (Å²) in [5.41, 5.74) is 2.59. The van der Waals surface area contributed by atoms with Crippen LogP contribution < -0.4 is 10.9 Å². The van der Waals surface area contributed by atoms with Crippen molar-refractivity contribution in [2.24, 2.45) is 0 Å². The first kappa shape index (κ1) is 20.9. The Hall–Kier alpha value is -3.38. The van der Waals surface area contributed by atoms with Gasteiger partial charge < -0.3 is 5.32 Å². The highest BCUT2D eigenvalue weighted by atomic mass is 32.2. The second kappa shape index (κ2) is 9.62. The minimum absolute atomic E-state index is 0.0922. The molecule has 4 rings (SSSR count). The maximum atomic E-state index is 13.2. The lowest BCUT2D eigenvalue weighted by molar-refractivity contribution is -0.119. The fourth-order valence-electron chi connectivity index (χ4n) is 3.40. The number of amides is 1. The zero-order valence-electron chi connectivity index (χ0n) is 17.2. The summed E-state index contributed by atoms with van der Waals surface area (Å²) in [6, 6.07) is 26.8. The number of carbonyl (C=O) groups is 1. The van der Waals surface area contributed by atoms with Crippen LogP contribution in [-0.2, 0) is 11.3 Å². The van der Waals surface area contributed by atoms with Crippen LogP contribution in [-0.4, -0.2) is 21.2 Å². The van der Waals surface area contributed by atoms with Gasteiger partial charge in [0.05, 0.1) is 29.2 Å². The Morgan fingerprint density at radius 3 is 2.35 bits per heavy atom. The number of benzene rings is 3. The molecule has 0 aliphatic heterocycles. The van der Waals surface area contributed by atoms with Crippen LogP contribution in [0.3, 0.4) is 0 Å². The molecule has 0 aliphatic carbocycles. The van der Waals surface area contributed by atoms with Crippen LogP contribution in [0.15, 0.2) is 94.9 Å². The molecule has 0 aliphatic rings. The predicted octanol–water partition coefficient (Wildman–Crippen LogP) is 4.41. The predicted molar refractivity (Wildman–Crippen MR) is 125 cm³/mol. The quantitative estimate of drug-likeness (QED) is 0.349. The lowest BCUT2D eigenvalue weighted by Crippen LogP contribution is -2.29. The van der Waals surface area contributed by atoms with E-state index < -0.39 is 0 Å². The molecule has 0 saturated carbocycles. The van der Waals surface area contributed by atoms with E-state index in [0.29, 0.717) is 22.6 Å². The maximum absolute atomic E-state index is 13.2. The minimum Gasteiger partial charge on any atom is -0.349 e. The third-order valence-corrected chi connectivity index (χ3v) is 6.00. The van der Waals surface area contributed by atoms with Crippen molar-refractivity contribution >= 4 is 28.6 Å². The highest BCUT2D eigenvalue weighted by Gasteiger charge is 2.15. The smallest absolute Gasteiger partial charge is 0.262 e. The summed E-state index contributed by atoms with van der Waals surface area (Å²) in [4.78, 5) is 30.4. The van der Waals surface area contributed by atoms with E-state index in [2.05, 4.69) is 10.3 Å². The van der Waals surface area contributed by atoms with Gasteiger partial charge >= 0.3 is 0 Å². The molecule has 1 N–H and O–H groups in total. The largest absolute Gasteiger partial charge is 0.349 e. The van der Waals surface area contributed by atoms with Gasteiger partial charge in [0.1, 0.15) is 0 Å². The number of rotatable bonds is 7. The fourth-order valence-corrected chi connectivity index (χ4v) is 4.21. The zero-order chi connectivity index (χ0) is 21.6. The van der Waals surface area contributed by atoms with Crippen LogP contribution in [0, 0.1) is 0 Å². The van der Waals surface area contributed by atoms with Crippen molar-refractivity contribution in [2.75, 3.05) is 5.75 Å². The van der Waals surface area contributed by atoms with Crippen LogP contribution in [0.25, 0.3) is 10.9 Å². The lowest BCUT2D eigenvalue weighted by atomic mass is 10.1. The average Bonchev–Trinajstić information content (AvgIpc) is 2.81. The van der Waals surface area contributed by atoms with Gasteiger partial charge in [-0.25, -0.2) is 4.98 Å². The van der Waals surface area contributed by atoms with Gasteiger partial charge in [-0.2, -0.15) is 0 Å². The SMILES string of the molecule is CC(NC(=O)CSc1nc2ccccc2c(=O)n1Cc1ccccc1)c1ccccc1. The van der Waals surface area contributed by atoms with Crippen molar-refractivity contribution in [1.82, 2.24) is 14.9 Å². The molecule has 1 atom stereocenters. The molecule has 0 bridgehead atoms. The van der Waals surface area contributed by atoms with E-state index in [4.69, 9.17) is 0 Å². The summed E-state index contributed by atoms with van der Waals surface area (Å²) in [6.45, 7) is 2.36. The Morgan fingerprint density at radius 1 is 0.968 bits per heavy atom. The number of aromatic nitrogens is 2. The number of hydrogen-bond acceptors (Lipinski definition) is 4. The standard InChI is InChI=1S/C25H23N3O2S/c1-18(20-12-6-3-7-13-20)26-23(29)17-31-25-27-22-15-9-8-14-21(22)24(30)28(25)16-19-10-4-2-5-11-19/h2-15,18H,16-17H2,1H3,(H,26,29). The van der Waals surface area contributed by atoms with Crippen molar-refractivity contribution in [3.8, 4) is 0 Å². The lowest BCUT2D eigenvalue weighted by Gasteiger charge is -2.15. The molecule has 1 amide bonds. The van der Waals surface area contributed by atoms with E-state index in [1.807, 2.05) is 85.8 Å². The van der Waals surface area contributed by atoms with Crippen LogP contribution in [0.2, 0.25) is 0 Å². The van der Waals surface area contributed by atoms with Crippen LogP contribution in [0.5, 0.6) is 0 Å². The van der Waals surface area contributed by atoms with Gasteiger partial charge in [-0.15, -0.1) is 0 Å². The molecule has 1 unspecified atom stereocenters. The Morgan fingerprint density at radius 2 is 1.61 bits per heavy atom. The normalized spacial score (nSPS) is 11.9. The van der Waals surface area contributed by atoms with Crippen LogP contribution >= 0.6 is 11.8 Å². The molecule has 4 aromatic rings. The third-order valence-electron chi connectivity index (χ3n) is 5.02. The molecular weight excluding hydrogens is 406 g/mol. The molecule has 1 heterocycles. The highest BCUT2D eigenvalue weighted by Crippen LogP contribution is 2.19. The van der Waals surface area contributed by atoms with Crippen LogP contribution in [0.1, 0.15) is 24.1 Å². The number of para-hydroxylation sites is 1. The summed E-state index contributed by atoms with van der Waals surface area (Å²) in [6.07, 6.45) is 0. The van der Waals surface area contributed by atoms with Crippen molar-refractivity contribution in [3.63, 3.8) is 0 Å². The first-order chi connectivity index (χ1) is 15.1. The summed E-state index contributed by atoms with van der Waals surface area (Å²) in [5.74, 6) is 0.0755. The Bertz CT molecular complexity index is 1240. The molecule has 3 aromatic carbocycles. The van der Waals surface area contributed by atoms with E-state index in [9.17, 15) is 9.59 Å². The van der Waals surface area contributed by atoms with Gasteiger partial charge in [0.15, 0.2) is 5.16 Å². The summed E-state index contributed by atoms with van der Waals surface area (Å²) >= 11 is 1.28. The van der Waals surface area contributed by atoms with E-state index in [-0.39, 0.29) is 23.3 Å². The number of nitrogens with zero attached hydrogens (tertiary/aromatic N) is 2. The minimum atomic E-state index is -0.102. The van der Waals surface area contributed by atoms with Crippen molar-refractivity contribution in [3.05, 3.63) is 106 Å². The number of fused-ring (bicyclic) bond motifs is 1. The van der Waals surface area contributed by atoms with Crippen molar-refractivity contribution in [2.45, 2.75) is 24.7 Å². The van der Waals surface area contributed by atoms with E-state index in [1.54, 1.807) is 10.6 Å². The number of nitrogens with one attached hydrogen (secondary N) is 1. The van der Waals surface area contributed by atoms with Crippen molar-refractivity contribution < 1.29 is 4.79 Å². The van der Waals surface area contributed by atoms with Gasteiger partial charge in [0, 0.05) is 0 Å². The van der Waals surface area contributed by atoms with Crippen molar-refractivity contribution in [1.29, 1.82) is 0 Å². The topological polar surface area (TPSA) is 64.0 Å². The molecule has 0 spiro atoms. The Kier molecular flexibility index (Phi) is 6.48. The van der Waals surface area contributed by atoms with Gasteiger partial charge in [-0.1, -0.05) is 84.6 Å². The Balaban J connectivity index is 1.56. The summed E-state index contributed by atoms with van der Waals surface area (Å²) in [5, 5.41) is 4.12. The van der Waals surface area contributed by atoms with E-state index >= 15 is 0 Å². The van der Waals surface area contributed by atoms with Gasteiger partial charge in [-0.05, 0) is 30.2 Å². The molecule has 0 saturated heterocycles. The fraction of sp³-hybridized carbons (Fsp3) is 0.160. The zero-order valence-corrected chi connectivity index (χ0v) is 18.0. The second-order valence-electron chi connectivity index (χ2n) is 7.28. The molecule has 1 aromatic heterocycles. The molecule has 31 heavy (non-hydrogen) atoms. The van der Waals surface area contributed by atoms with Gasteiger partial charge in [0.2, 0.25) is 5.91 Å². The van der Waals surface area contributed by atoms with Gasteiger partial charge in [-0.3, -0.25) is 14.2 Å². The molecule has 6 heteroatoms. The number of carbonyl (C=O) groups excluding carboxylic acids is 1. The first-order valence-corrected chi connectivity index (χ1v) is 11.1. The van der Waals surface area contributed by atoms with Crippen LogP contribution in [0.4, 0.5) is 0 Å². The molecule has 156 valence electrons. The van der Waals surface area contributed by atoms with E-state index in [0.717, 1.165) is 11.1 Å². The molecule has 0 fully saturated rings. The number of hydrogen-bond donors (Lipinski definition) is 1. The first-order valence-electron chi connectivity index (χ1n) is 10.1. The van der Waals surface area contributed by atoms with E-state index in [1.165, 1.54) is 11.8 Å². The summed E-state index contributed by atoms with van der Waals surface area (Å²) < 4.78 is 1.65. The molecular formula is C25H23N3O2S. The second-order valence-corrected chi connectivity index (χ2v) is 8.22. The number of thioether (sulfide) groups is 1. The Labute approximate surface area is 185 Å². The third kappa shape index (κ3) is 5.03. The van der Waals surface area contributed by atoms with Gasteiger partial charge in [0.25, 0.3) is 5.56 Å².